The van der Waals surface area contributed by atoms with Crippen LogP contribution in [0, 0.1) is 0 Å². The molecule has 1 unspecified atom stereocenters. The number of nitrogen functional groups attached to an aromatic ring is 1. The maximum Gasteiger partial charge on any atom is 0.350 e. The molecule has 1 saturated carbocycles. The Morgan fingerprint density at radius 1 is 1.33 bits per heavy atom. The van der Waals surface area contributed by atoms with Crippen LogP contribution in [0.3, 0.4) is 0 Å². The zero-order chi connectivity index (χ0) is 29.6. The zero-order valence-electron chi connectivity index (χ0n) is 21.7. The molecule has 3 aromatic heterocycles. The number of carbonyl (C=O) groups excluding carboxylic acids is 3. The fourth-order valence-corrected chi connectivity index (χ4v) is 7.37. The Hall–Kier alpha value is -4.51. The van der Waals surface area contributed by atoms with E-state index in [4.69, 9.17) is 15.1 Å². The lowest BCUT2D eigenvalue weighted by Crippen LogP contribution is -2.71. The Labute approximate surface area is 245 Å². The number of nitrogens with two attached hydrogens (primary N) is 1. The Balaban J connectivity index is 1.22. The Bertz CT molecular complexity index is 1680. The van der Waals surface area contributed by atoms with Crippen LogP contribution in [0.5, 0.6) is 0 Å². The summed E-state index contributed by atoms with van der Waals surface area (Å²) in [6.07, 6.45) is 5.31. The second kappa shape index (κ2) is 10.7. The Morgan fingerprint density at radius 3 is 2.81 bits per heavy atom. The number of hydrogen-bond acceptors (Lipinski definition) is 13. The number of rotatable bonds is 9. The van der Waals surface area contributed by atoms with Crippen molar-refractivity contribution in [2.24, 2.45) is 5.16 Å². The van der Waals surface area contributed by atoms with Gasteiger partial charge in [-0.05, 0) is 24.3 Å². The molecule has 4 N–H and O–H groups in total. The van der Waals surface area contributed by atoms with Crippen LogP contribution in [-0.4, -0.2) is 72.4 Å². The molecular weight excluding hydrogens is 590 g/mol. The highest BCUT2D eigenvalue weighted by Crippen LogP contribution is 2.40. The number of aromatic nitrogens is 3. The molecule has 6 rings (SSSR count). The van der Waals surface area contributed by atoms with E-state index >= 15 is 0 Å². The van der Waals surface area contributed by atoms with Crippen LogP contribution in [0.2, 0.25) is 0 Å². The second-order valence-corrected chi connectivity index (χ2v) is 12.0. The van der Waals surface area contributed by atoms with Gasteiger partial charge in [0.2, 0.25) is 17.1 Å². The molecule has 218 valence electrons. The Morgan fingerprint density at radius 2 is 2.12 bits per heavy atom. The number of anilines is 1. The summed E-state index contributed by atoms with van der Waals surface area (Å²) in [7, 11) is 0. The molecular formula is C25H23N7O8S2. The molecule has 1 aliphatic carbocycles. The fraction of sp³-hybridized carbons (Fsp3) is 0.360. The van der Waals surface area contributed by atoms with E-state index < -0.39 is 46.5 Å². The van der Waals surface area contributed by atoms with E-state index in [2.05, 4.69) is 20.6 Å². The van der Waals surface area contributed by atoms with Crippen molar-refractivity contribution in [1.29, 1.82) is 0 Å². The number of amides is 2. The van der Waals surface area contributed by atoms with Gasteiger partial charge in [0.15, 0.2) is 18.9 Å². The normalized spacial score (nSPS) is 21.7. The van der Waals surface area contributed by atoms with Gasteiger partial charge < -0.3 is 35.4 Å². The summed E-state index contributed by atoms with van der Waals surface area (Å²) in [6, 6.07) is 2.41. The van der Waals surface area contributed by atoms with Crippen LogP contribution >= 0.6 is 23.1 Å². The standard InChI is InChI=1S/C25H23N7O8S2/c26-24-28-18(30-39-24)15(29-40-25(23(37)38)5-1-2-6-25)19(33)27-16-20(34)32-17(22(35)36)13(11-42-21(16)32)9-31-7-3-12-4-8-41-14(12)10-31/h3-4,7-8,10,16,21H,1-2,5-6,9,11H2,(H4-,26,27,28,30,33,35,36,37,38)/t16?,21-/m1/s1. The SMILES string of the molecule is Nc1nc(C(=NOC2(C(=O)O)CCCC2)C(=O)NC2C(=O)N3C(C(=O)[O-])=C(C[n+]4ccc5ccsc5c4)CS[C@H]23)no1. The molecule has 0 spiro atoms. The minimum Gasteiger partial charge on any atom is -0.543 e. The first-order valence-corrected chi connectivity index (χ1v) is 14.7. The van der Waals surface area contributed by atoms with Crippen molar-refractivity contribution in [3.63, 3.8) is 0 Å². The summed E-state index contributed by atoms with van der Waals surface area (Å²) in [5, 5.41) is 34.1. The van der Waals surface area contributed by atoms with Gasteiger partial charge in [0.1, 0.15) is 11.4 Å². The zero-order valence-corrected chi connectivity index (χ0v) is 23.4. The maximum atomic E-state index is 13.3. The van der Waals surface area contributed by atoms with Crippen LogP contribution < -0.4 is 20.7 Å². The number of fused-ring (bicyclic) bond motifs is 2. The first-order valence-electron chi connectivity index (χ1n) is 12.8. The molecule has 1 saturated heterocycles. The summed E-state index contributed by atoms with van der Waals surface area (Å²) in [5.74, 6) is -4.46. The van der Waals surface area contributed by atoms with Crippen molar-refractivity contribution >= 4 is 68.7 Å². The Kier molecular flexibility index (Phi) is 7.05. The molecule has 0 aromatic carbocycles. The van der Waals surface area contributed by atoms with Crippen molar-refractivity contribution in [2.45, 2.75) is 49.2 Å². The van der Waals surface area contributed by atoms with E-state index in [0.717, 1.165) is 15.0 Å². The van der Waals surface area contributed by atoms with E-state index in [1.165, 1.54) is 11.8 Å². The van der Waals surface area contributed by atoms with E-state index in [0.29, 0.717) is 18.4 Å². The molecule has 5 heterocycles. The molecule has 0 radical (unpaired) electrons. The molecule has 3 aliphatic rings. The van der Waals surface area contributed by atoms with E-state index in [9.17, 15) is 29.4 Å². The number of thioether (sulfide) groups is 1. The highest BCUT2D eigenvalue weighted by Gasteiger charge is 2.54. The smallest absolute Gasteiger partial charge is 0.350 e. The average molecular weight is 614 g/mol. The van der Waals surface area contributed by atoms with Gasteiger partial charge in [0.25, 0.3) is 11.8 Å². The number of β-lactam (4-membered cyclic amide) rings is 1. The summed E-state index contributed by atoms with van der Waals surface area (Å²) in [5.41, 5.74) is 3.58. The van der Waals surface area contributed by atoms with Gasteiger partial charge in [0.05, 0.1) is 16.4 Å². The molecule has 42 heavy (non-hydrogen) atoms. The molecule has 17 heteroatoms. The lowest BCUT2D eigenvalue weighted by atomic mass is 10.0. The van der Waals surface area contributed by atoms with E-state index in [1.54, 1.807) is 11.3 Å². The highest BCUT2D eigenvalue weighted by molar-refractivity contribution is 8.00. The summed E-state index contributed by atoms with van der Waals surface area (Å²) in [4.78, 5) is 60.8. The van der Waals surface area contributed by atoms with Crippen molar-refractivity contribution in [3.05, 3.63) is 47.0 Å². The maximum absolute atomic E-state index is 13.3. The summed E-state index contributed by atoms with van der Waals surface area (Å²) in [6.45, 7) is 0.233. The minimum atomic E-state index is -1.63. The van der Waals surface area contributed by atoms with Gasteiger partial charge in [-0.1, -0.05) is 10.3 Å². The monoisotopic (exact) mass is 613 g/mol. The van der Waals surface area contributed by atoms with Gasteiger partial charge in [-0.3, -0.25) is 14.5 Å². The molecule has 2 aliphatic heterocycles. The minimum absolute atomic E-state index is 0.185. The second-order valence-electron chi connectivity index (χ2n) is 9.95. The third kappa shape index (κ3) is 4.83. The number of aliphatic carboxylic acids is 2. The topological polar surface area (TPSA) is 217 Å². The first-order chi connectivity index (χ1) is 20.2. The van der Waals surface area contributed by atoms with E-state index in [1.807, 2.05) is 34.5 Å². The number of hydrogen-bond donors (Lipinski definition) is 3. The number of carboxylic acids is 2. The average Bonchev–Trinajstić information content (AvgIpc) is 3.73. The van der Waals surface area contributed by atoms with Crippen LogP contribution in [0.15, 0.2) is 50.9 Å². The van der Waals surface area contributed by atoms with Gasteiger partial charge in [-0.15, -0.1) is 23.1 Å². The van der Waals surface area contributed by atoms with Crippen molar-refractivity contribution in [2.75, 3.05) is 11.5 Å². The number of carbonyl (C=O) groups is 4. The molecule has 2 amide bonds. The van der Waals surface area contributed by atoms with E-state index in [-0.39, 0.29) is 42.7 Å². The fourth-order valence-electron chi connectivity index (χ4n) is 5.20. The number of thiophene rings is 1. The van der Waals surface area contributed by atoms with Gasteiger partial charge in [0, 0.05) is 35.6 Å². The van der Waals surface area contributed by atoms with Crippen LogP contribution in [0.1, 0.15) is 31.5 Å². The number of nitrogens with zero attached hydrogens (tertiary/aromatic N) is 5. The highest BCUT2D eigenvalue weighted by atomic mass is 32.2. The molecule has 3 aromatic rings. The lowest BCUT2D eigenvalue weighted by Gasteiger charge is -2.50. The largest absolute Gasteiger partial charge is 0.543 e. The van der Waals surface area contributed by atoms with Crippen LogP contribution in [-0.2, 0) is 30.6 Å². The third-order valence-electron chi connectivity index (χ3n) is 7.34. The van der Waals surface area contributed by atoms with Gasteiger partial charge in [-0.2, -0.15) is 9.55 Å². The number of carboxylic acid groups (broad SMARTS) is 2. The predicted molar refractivity (Wildman–Crippen MR) is 144 cm³/mol. The first kappa shape index (κ1) is 27.6. The quantitative estimate of drug-likeness (QED) is 0.119. The predicted octanol–water partition coefficient (Wildman–Crippen LogP) is -0.624. The lowest BCUT2D eigenvalue weighted by molar-refractivity contribution is -0.687. The third-order valence-corrected chi connectivity index (χ3v) is 9.54. The number of pyridine rings is 1. The van der Waals surface area contributed by atoms with Crippen LogP contribution in [0.4, 0.5) is 6.01 Å². The molecule has 15 nitrogen and oxygen atoms in total. The summed E-state index contributed by atoms with van der Waals surface area (Å²) >= 11 is 2.84. The van der Waals surface area contributed by atoms with Crippen molar-refractivity contribution < 1.29 is 43.3 Å². The van der Waals surface area contributed by atoms with Gasteiger partial charge >= 0.3 is 12.0 Å². The number of oxime groups is 1. The number of nitrogens with one attached hydrogen (secondary N) is 1. The molecule has 0 bridgehead atoms. The molecule has 2 fully saturated rings. The van der Waals surface area contributed by atoms with Gasteiger partial charge in [-0.25, -0.2) is 4.79 Å². The van der Waals surface area contributed by atoms with Crippen molar-refractivity contribution in [3.8, 4) is 0 Å². The molecule has 2 atom stereocenters. The van der Waals surface area contributed by atoms with Crippen LogP contribution in [0.25, 0.3) is 10.1 Å². The van der Waals surface area contributed by atoms with Crippen molar-refractivity contribution in [1.82, 2.24) is 20.4 Å². The summed E-state index contributed by atoms with van der Waals surface area (Å²) < 4.78 is 7.61.